The summed E-state index contributed by atoms with van der Waals surface area (Å²) in [4.78, 5) is 11.0. The van der Waals surface area contributed by atoms with Crippen LogP contribution in [0.2, 0.25) is 0 Å². The number of carbonyl (C=O) groups is 1. The summed E-state index contributed by atoms with van der Waals surface area (Å²) in [5, 5.41) is 9.00. The molecule has 3 unspecified atom stereocenters. The third-order valence-corrected chi connectivity index (χ3v) is 5.80. The van der Waals surface area contributed by atoms with E-state index in [1.165, 1.54) is 18.2 Å². The molecule has 5 heteroatoms. The quantitative estimate of drug-likeness (QED) is 0.456. The van der Waals surface area contributed by atoms with Crippen molar-refractivity contribution in [2.24, 2.45) is 0 Å². The summed E-state index contributed by atoms with van der Waals surface area (Å²) in [5.41, 5.74) is 3.20. The number of hydrogen-bond acceptors (Lipinski definition) is 4. The maximum Gasteiger partial charge on any atom is 0.306 e. The molecule has 0 heterocycles. The highest BCUT2D eigenvalue weighted by Gasteiger charge is 2.28. The van der Waals surface area contributed by atoms with Crippen molar-refractivity contribution >= 4 is 5.97 Å². The van der Waals surface area contributed by atoms with Crippen LogP contribution in [0.1, 0.15) is 37.4 Å². The highest BCUT2D eigenvalue weighted by Crippen LogP contribution is 2.30. The van der Waals surface area contributed by atoms with Gasteiger partial charge in [0.2, 0.25) is 0 Å². The van der Waals surface area contributed by atoms with Gasteiger partial charge in [-0.1, -0.05) is 54.6 Å². The second-order valence-electron chi connectivity index (χ2n) is 8.07. The molecule has 0 saturated heterocycles. The molecule has 32 heavy (non-hydrogen) atoms. The maximum atomic E-state index is 11.0. The smallest absolute Gasteiger partial charge is 0.306 e. The molecule has 0 aliphatic heterocycles. The Labute approximate surface area is 188 Å². The summed E-state index contributed by atoms with van der Waals surface area (Å²) >= 11 is 0. The Bertz CT molecular complexity index is 998. The minimum Gasteiger partial charge on any atom is -0.490 e. The number of rotatable bonds is 9. The van der Waals surface area contributed by atoms with Gasteiger partial charge < -0.3 is 19.3 Å². The Morgan fingerprint density at radius 2 is 1.38 bits per heavy atom. The second-order valence-corrected chi connectivity index (χ2v) is 8.07. The molecule has 3 aromatic rings. The maximum absolute atomic E-state index is 11.0. The number of benzene rings is 3. The molecule has 1 aliphatic carbocycles. The summed E-state index contributed by atoms with van der Waals surface area (Å²) in [5.74, 6) is 0.768. The van der Waals surface area contributed by atoms with Gasteiger partial charge >= 0.3 is 5.97 Å². The molecule has 1 N–H and O–H groups in total. The Balaban J connectivity index is 1.29. The van der Waals surface area contributed by atoms with Crippen LogP contribution in [0.4, 0.5) is 0 Å². The molecule has 0 spiro atoms. The summed E-state index contributed by atoms with van der Waals surface area (Å²) in [7, 11) is 1.52. The molecular weight excluding hydrogens is 404 g/mol. The van der Waals surface area contributed by atoms with Crippen LogP contribution in [0.5, 0.6) is 11.5 Å². The van der Waals surface area contributed by atoms with Crippen molar-refractivity contribution in [1.29, 1.82) is 0 Å². The minimum atomic E-state index is -0.885. The average Bonchev–Trinajstić information content (AvgIpc) is 3.25. The first-order valence-electron chi connectivity index (χ1n) is 10.9. The van der Waals surface area contributed by atoms with Crippen molar-refractivity contribution in [2.45, 2.75) is 44.0 Å². The van der Waals surface area contributed by atoms with E-state index in [1.54, 1.807) is 0 Å². The molecule has 166 valence electrons. The number of carboxylic acids is 1. The van der Waals surface area contributed by atoms with Crippen LogP contribution in [-0.4, -0.2) is 30.4 Å². The molecule has 1 fully saturated rings. The van der Waals surface area contributed by atoms with Crippen LogP contribution in [0.25, 0.3) is 11.1 Å². The average molecular weight is 433 g/mol. The lowest BCUT2D eigenvalue weighted by atomic mass is 10.1. The standard InChI is InChI=1S/C27H28O5/c1-30-26(18-27(28)29)21-9-13-23(14-10-21)32-25-16-15-24(17-25)31-22-11-7-20(8-12-22)19-5-3-2-4-6-19/h2-14,24-26H,15-18H2,1H3,(H,28,29). The zero-order chi connectivity index (χ0) is 22.3. The summed E-state index contributed by atoms with van der Waals surface area (Å²) in [6.45, 7) is 0. The zero-order valence-electron chi connectivity index (χ0n) is 18.1. The Kier molecular flexibility index (Phi) is 7.07. The highest BCUT2D eigenvalue weighted by atomic mass is 16.5. The second kappa shape index (κ2) is 10.3. The van der Waals surface area contributed by atoms with Gasteiger partial charge in [0, 0.05) is 13.5 Å². The fraction of sp³-hybridized carbons (Fsp3) is 0.296. The van der Waals surface area contributed by atoms with Crippen LogP contribution >= 0.6 is 0 Å². The largest absolute Gasteiger partial charge is 0.490 e. The van der Waals surface area contributed by atoms with Gasteiger partial charge in [0.25, 0.3) is 0 Å². The van der Waals surface area contributed by atoms with Gasteiger partial charge in [-0.05, 0) is 53.8 Å². The molecule has 3 aromatic carbocycles. The molecule has 0 bridgehead atoms. The van der Waals surface area contributed by atoms with E-state index in [0.717, 1.165) is 36.3 Å². The first-order valence-corrected chi connectivity index (χ1v) is 10.9. The van der Waals surface area contributed by atoms with Gasteiger partial charge in [-0.25, -0.2) is 0 Å². The predicted octanol–water partition coefficient (Wildman–Crippen LogP) is 5.89. The molecule has 0 radical (unpaired) electrons. The Morgan fingerprint density at radius 3 is 1.91 bits per heavy atom. The first kappa shape index (κ1) is 21.9. The fourth-order valence-corrected chi connectivity index (χ4v) is 4.11. The normalized spacial score (nSPS) is 18.8. The number of carboxylic acid groups (broad SMARTS) is 1. The number of methoxy groups -OCH3 is 1. The van der Waals surface area contributed by atoms with E-state index in [0.29, 0.717) is 0 Å². The van der Waals surface area contributed by atoms with Crippen LogP contribution in [0.3, 0.4) is 0 Å². The Morgan fingerprint density at radius 1 is 0.844 bits per heavy atom. The van der Waals surface area contributed by atoms with Gasteiger partial charge in [-0.15, -0.1) is 0 Å². The highest BCUT2D eigenvalue weighted by molar-refractivity contribution is 5.67. The monoisotopic (exact) mass is 432 g/mol. The van der Waals surface area contributed by atoms with E-state index in [9.17, 15) is 4.79 Å². The minimum absolute atomic E-state index is 0.0648. The van der Waals surface area contributed by atoms with Gasteiger partial charge in [0.1, 0.15) is 23.7 Å². The predicted molar refractivity (Wildman–Crippen MR) is 123 cm³/mol. The molecule has 4 rings (SSSR count). The van der Waals surface area contributed by atoms with Crippen LogP contribution in [-0.2, 0) is 9.53 Å². The molecule has 3 atom stereocenters. The van der Waals surface area contributed by atoms with E-state index in [4.69, 9.17) is 19.3 Å². The van der Waals surface area contributed by atoms with Crippen LogP contribution < -0.4 is 9.47 Å². The van der Waals surface area contributed by atoms with Crippen molar-refractivity contribution in [3.8, 4) is 22.6 Å². The number of aliphatic carboxylic acids is 1. The van der Waals surface area contributed by atoms with Crippen molar-refractivity contribution in [1.82, 2.24) is 0 Å². The number of ether oxygens (including phenoxy) is 3. The SMILES string of the molecule is COC(CC(=O)O)c1ccc(OC2CCC(Oc3ccc(-c4ccccc4)cc3)C2)cc1. The van der Waals surface area contributed by atoms with Crippen LogP contribution in [0, 0.1) is 0 Å². The fourth-order valence-electron chi connectivity index (χ4n) is 4.11. The lowest BCUT2D eigenvalue weighted by Crippen LogP contribution is -2.17. The van der Waals surface area contributed by atoms with Gasteiger partial charge in [-0.2, -0.15) is 0 Å². The summed E-state index contributed by atoms with van der Waals surface area (Å²) < 4.78 is 17.6. The van der Waals surface area contributed by atoms with Crippen molar-refractivity contribution < 1.29 is 24.1 Å². The van der Waals surface area contributed by atoms with E-state index >= 15 is 0 Å². The topological polar surface area (TPSA) is 65.0 Å². The third kappa shape index (κ3) is 5.68. The van der Waals surface area contributed by atoms with Gasteiger partial charge in [-0.3, -0.25) is 4.79 Å². The van der Waals surface area contributed by atoms with Crippen molar-refractivity contribution in [3.05, 3.63) is 84.4 Å². The molecule has 1 aliphatic rings. The molecular formula is C27H28O5. The van der Waals surface area contributed by atoms with E-state index in [-0.39, 0.29) is 18.6 Å². The molecule has 0 aromatic heterocycles. The van der Waals surface area contributed by atoms with Gasteiger partial charge in [0.05, 0.1) is 12.5 Å². The van der Waals surface area contributed by atoms with Crippen molar-refractivity contribution in [2.75, 3.05) is 7.11 Å². The molecule has 5 nitrogen and oxygen atoms in total. The summed E-state index contributed by atoms with van der Waals surface area (Å²) in [6, 6.07) is 26.0. The van der Waals surface area contributed by atoms with E-state index in [1.807, 2.05) is 54.6 Å². The summed E-state index contributed by atoms with van der Waals surface area (Å²) in [6.07, 6.45) is 2.44. The van der Waals surface area contributed by atoms with Crippen LogP contribution in [0.15, 0.2) is 78.9 Å². The lowest BCUT2D eigenvalue weighted by molar-refractivity contribution is -0.139. The third-order valence-electron chi connectivity index (χ3n) is 5.80. The molecule has 0 amide bonds. The van der Waals surface area contributed by atoms with Gasteiger partial charge in [0.15, 0.2) is 0 Å². The lowest BCUT2D eigenvalue weighted by Gasteiger charge is -2.17. The zero-order valence-corrected chi connectivity index (χ0v) is 18.1. The number of hydrogen-bond donors (Lipinski definition) is 1. The van der Waals surface area contributed by atoms with E-state index in [2.05, 4.69) is 24.3 Å². The Hall–Kier alpha value is -3.31. The van der Waals surface area contributed by atoms with Crippen molar-refractivity contribution in [3.63, 3.8) is 0 Å². The van der Waals surface area contributed by atoms with E-state index < -0.39 is 12.1 Å². The molecule has 1 saturated carbocycles. The first-order chi connectivity index (χ1) is 15.6.